The first-order chi connectivity index (χ1) is 9.56. The van der Waals surface area contributed by atoms with E-state index in [9.17, 15) is 0 Å². The Kier molecular flexibility index (Phi) is 5.35. The normalized spacial score (nSPS) is 12.1. The third kappa shape index (κ3) is 3.30. The van der Waals surface area contributed by atoms with Crippen molar-refractivity contribution in [1.82, 2.24) is 0 Å². The van der Waals surface area contributed by atoms with Gasteiger partial charge < -0.3 is 9.47 Å². The van der Waals surface area contributed by atoms with Crippen LogP contribution in [0.15, 0.2) is 45.3 Å². The lowest BCUT2D eigenvalue weighted by Gasteiger charge is -2.16. The van der Waals surface area contributed by atoms with E-state index in [2.05, 4.69) is 31.9 Å². The molecule has 0 saturated carbocycles. The second-order valence-corrected chi connectivity index (χ2v) is 6.34. The zero-order valence-corrected chi connectivity index (χ0v) is 14.9. The van der Waals surface area contributed by atoms with E-state index in [0.717, 1.165) is 25.8 Å². The number of rotatable bonds is 4. The first-order valence-electron chi connectivity index (χ1n) is 5.87. The van der Waals surface area contributed by atoms with Gasteiger partial charge in [-0.2, -0.15) is 0 Å². The predicted molar refractivity (Wildman–Crippen MR) is 89.1 cm³/mol. The van der Waals surface area contributed by atoms with E-state index in [-0.39, 0.29) is 5.38 Å². The summed E-state index contributed by atoms with van der Waals surface area (Å²) in [5.41, 5.74) is 1.89. The minimum absolute atomic E-state index is 0.307. The lowest BCUT2D eigenvalue weighted by molar-refractivity contribution is 0.391. The summed E-state index contributed by atoms with van der Waals surface area (Å²) in [5.74, 6) is 1.45. The fourth-order valence-corrected chi connectivity index (χ4v) is 3.68. The highest BCUT2D eigenvalue weighted by atomic mass is 79.9. The van der Waals surface area contributed by atoms with Gasteiger partial charge in [0.05, 0.1) is 19.6 Å². The lowest BCUT2D eigenvalue weighted by atomic mass is 10.0. The third-order valence-electron chi connectivity index (χ3n) is 2.95. The fourth-order valence-electron chi connectivity index (χ4n) is 1.90. The van der Waals surface area contributed by atoms with Crippen LogP contribution in [-0.4, -0.2) is 14.2 Å². The number of benzene rings is 2. The molecule has 0 fully saturated rings. The molecule has 2 aromatic rings. The quantitative estimate of drug-likeness (QED) is 0.603. The zero-order chi connectivity index (χ0) is 14.7. The minimum atomic E-state index is -0.307. The van der Waals surface area contributed by atoms with Crippen molar-refractivity contribution in [2.45, 2.75) is 5.38 Å². The number of hydrogen-bond acceptors (Lipinski definition) is 2. The highest BCUT2D eigenvalue weighted by Gasteiger charge is 2.18. The van der Waals surface area contributed by atoms with Crippen molar-refractivity contribution < 1.29 is 9.47 Å². The second kappa shape index (κ2) is 6.83. The molecule has 0 aliphatic carbocycles. The molecular weight excluding hydrogens is 407 g/mol. The molecule has 0 saturated heterocycles. The molecule has 2 nitrogen and oxygen atoms in total. The number of alkyl halides is 1. The van der Waals surface area contributed by atoms with E-state index < -0.39 is 0 Å². The minimum Gasteiger partial charge on any atom is -0.497 e. The predicted octanol–water partition coefficient (Wildman–Crippen LogP) is 5.56. The topological polar surface area (TPSA) is 18.5 Å². The van der Waals surface area contributed by atoms with Crippen molar-refractivity contribution in [2.75, 3.05) is 14.2 Å². The van der Waals surface area contributed by atoms with Gasteiger partial charge >= 0.3 is 0 Å². The summed E-state index contributed by atoms with van der Waals surface area (Å²) >= 11 is 13.6. The monoisotopic (exact) mass is 418 g/mol. The van der Waals surface area contributed by atoms with Crippen LogP contribution in [0.1, 0.15) is 16.5 Å². The second-order valence-electron chi connectivity index (χ2n) is 4.14. The van der Waals surface area contributed by atoms with Crippen molar-refractivity contribution >= 4 is 43.5 Å². The Morgan fingerprint density at radius 2 is 1.65 bits per heavy atom. The molecule has 0 heterocycles. The van der Waals surface area contributed by atoms with Crippen LogP contribution in [-0.2, 0) is 0 Å². The zero-order valence-electron chi connectivity index (χ0n) is 11.0. The van der Waals surface area contributed by atoms with Crippen molar-refractivity contribution in [2.24, 2.45) is 0 Å². The first-order valence-corrected chi connectivity index (χ1v) is 7.90. The third-order valence-corrected chi connectivity index (χ3v) is 4.60. The van der Waals surface area contributed by atoms with Gasteiger partial charge in [0.15, 0.2) is 0 Å². The largest absolute Gasteiger partial charge is 0.497 e. The van der Waals surface area contributed by atoms with Gasteiger partial charge in [0.25, 0.3) is 0 Å². The van der Waals surface area contributed by atoms with Crippen molar-refractivity contribution in [1.29, 1.82) is 0 Å². The van der Waals surface area contributed by atoms with E-state index in [1.807, 2.05) is 36.4 Å². The van der Waals surface area contributed by atoms with Gasteiger partial charge in [-0.15, -0.1) is 11.6 Å². The molecule has 106 valence electrons. The van der Waals surface area contributed by atoms with E-state index in [1.54, 1.807) is 14.2 Å². The van der Waals surface area contributed by atoms with Crippen molar-refractivity contribution in [3.8, 4) is 11.5 Å². The summed E-state index contributed by atoms with van der Waals surface area (Å²) < 4.78 is 12.6. The molecule has 0 aromatic heterocycles. The molecule has 0 aliphatic heterocycles. The molecule has 1 atom stereocenters. The van der Waals surface area contributed by atoms with Crippen LogP contribution in [0, 0.1) is 0 Å². The average Bonchev–Trinajstić information content (AvgIpc) is 2.46. The fraction of sp³-hybridized carbons (Fsp3) is 0.200. The summed E-state index contributed by atoms with van der Waals surface area (Å²) in [7, 11) is 3.25. The van der Waals surface area contributed by atoms with Crippen LogP contribution in [0.25, 0.3) is 0 Å². The van der Waals surface area contributed by atoms with Crippen LogP contribution >= 0.6 is 43.5 Å². The maximum atomic E-state index is 6.60. The standard InChI is InChI=1S/C15H13Br2ClO2/c1-19-10-4-6-12(14(8-10)20-2)15(18)11-5-3-9(16)7-13(11)17/h3-8,15H,1-2H3. The maximum absolute atomic E-state index is 6.60. The molecular formula is C15H13Br2ClO2. The van der Waals surface area contributed by atoms with Crippen molar-refractivity contribution in [3.63, 3.8) is 0 Å². The van der Waals surface area contributed by atoms with Crippen LogP contribution in [0.3, 0.4) is 0 Å². The van der Waals surface area contributed by atoms with Gasteiger partial charge in [0.2, 0.25) is 0 Å². The average molecular weight is 421 g/mol. The van der Waals surface area contributed by atoms with Crippen LogP contribution in [0.4, 0.5) is 0 Å². The highest BCUT2D eigenvalue weighted by Crippen LogP contribution is 2.40. The summed E-state index contributed by atoms with van der Waals surface area (Å²) in [4.78, 5) is 0. The maximum Gasteiger partial charge on any atom is 0.127 e. The highest BCUT2D eigenvalue weighted by molar-refractivity contribution is 9.11. The SMILES string of the molecule is COc1ccc(C(Cl)c2ccc(Br)cc2Br)c(OC)c1. The molecule has 0 N–H and O–H groups in total. The molecule has 0 aliphatic rings. The number of halogens is 3. The van der Waals surface area contributed by atoms with E-state index in [1.165, 1.54) is 0 Å². The van der Waals surface area contributed by atoms with Crippen LogP contribution in [0.5, 0.6) is 11.5 Å². The number of methoxy groups -OCH3 is 2. The first kappa shape index (κ1) is 15.7. The van der Waals surface area contributed by atoms with E-state index in [4.69, 9.17) is 21.1 Å². The Balaban J connectivity index is 2.44. The molecule has 0 amide bonds. The summed E-state index contributed by atoms with van der Waals surface area (Å²) in [6, 6.07) is 11.5. The van der Waals surface area contributed by atoms with E-state index >= 15 is 0 Å². The molecule has 5 heteroatoms. The van der Waals surface area contributed by atoms with Crippen molar-refractivity contribution in [3.05, 3.63) is 56.5 Å². The smallest absolute Gasteiger partial charge is 0.127 e. The number of hydrogen-bond donors (Lipinski definition) is 0. The van der Waals surface area contributed by atoms with Gasteiger partial charge in [-0.25, -0.2) is 0 Å². The van der Waals surface area contributed by atoms with Crippen LogP contribution in [0.2, 0.25) is 0 Å². The lowest BCUT2D eigenvalue weighted by Crippen LogP contribution is -1.99. The Bertz CT molecular complexity index is 617. The molecule has 1 unspecified atom stereocenters. The van der Waals surface area contributed by atoms with Gasteiger partial charge in [-0.05, 0) is 29.8 Å². The molecule has 20 heavy (non-hydrogen) atoms. The molecule has 2 aromatic carbocycles. The van der Waals surface area contributed by atoms with Crippen LogP contribution < -0.4 is 9.47 Å². The van der Waals surface area contributed by atoms with Gasteiger partial charge in [-0.1, -0.05) is 37.9 Å². The summed E-state index contributed by atoms with van der Waals surface area (Å²) in [6.45, 7) is 0. The molecule has 0 spiro atoms. The van der Waals surface area contributed by atoms with Gasteiger partial charge in [0, 0.05) is 20.6 Å². The van der Waals surface area contributed by atoms with Gasteiger partial charge in [0.1, 0.15) is 11.5 Å². The molecule has 2 rings (SSSR count). The Hall–Kier alpha value is -0.710. The number of ether oxygens (including phenoxy) is 2. The molecule has 0 radical (unpaired) electrons. The molecule has 0 bridgehead atoms. The Morgan fingerprint density at radius 1 is 0.950 bits per heavy atom. The van der Waals surface area contributed by atoms with E-state index in [0.29, 0.717) is 5.75 Å². The summed E-state index contributed by atoms with van der Waals surface area (Å²) in [5, 5.41) is -0.307. The Labute approximate surface area is 140 Å². The Morgan fingerprint density at radius 3 is 2.25 bits per heavy atom. The summed E-state index contributed by atoms with van der Waals surface area (Å²) in [6.07, 6.45) is 0. The van der Waals surface area contributed by atoms with Gasteiger partial charge in [-0.3, -0.25) is 0 Å².